The molecule has 2 aromatic heterocycles. The summed E-state index contributed by atoms with van der Waals surface area (Å²) in [6.07, 6.45) is 3.65. The minimum atomic E-state index is -1.53. The summed E-state index contributed by atoms with van der Waals surface area (Å²) in [5.41, 5.74) is 0.469. The summed E-state index contributed by atoms with van der Waals surface area (Å²) in [6, 6.07) is 14.8. The molecule has 1 amide bonds. The molecule has 2 atom stereocenters. The van der Waals surface area contributed by atoms with Gasteiger partial charge in [0.05, 0.1) is 12.8 Å². The fraction of sp³-hybridized carbons (Fsp3) is 0.333. The van der Waals surface area contributed by atoms with Crippen LogP contribution in [0.2, 0.25) is 0 Å². The highest BCUT2D eigenvalue weighted by Crippen LogP contribution is 2.46. The highest BCUT2D eigenvalue weighted by molar-refractivity contribution is 6.01. The molecule has 4 aromatic rings. The van der Waals surface area contributed by atoms with Crippen LogP contribution in [0.3, 0.4) is 0 Å². The van der Waals surface area contributed by atoms with Gasteiger partial charge in [0, 0.05) is 40.7 Å². The molecule has 2 N–H and O–H groups in total. The van der Waals surface area contributed by atoms with E-state index in [0.717, 1.165) is 18.2 Å². The first-order valence-corrected chi connectivity index (χ1v) is 14.0. The average molecular weight is 570 g/mol. The van der Waals surface area contributed by atoms with Gasteiger partial charge in [-0.15, -0.1) is 0 Å². The van der Waals surface area contributed by atoms with Gasteiger partial charge in [-0.05, 0) is 81.6 Å². The predicted octanol–water partition coefficient (Wildman–Crippen LogP) is 5.24. The largest absolute Gasteiger partial charge is 0.494 e. The van der Waals surface area contributed by atoms with E-state index in [1.54, 1.807) is 49.5 Å². The molecule has 2 aliphatic rings. The van der Waals surface area contributed by atoms with Crippen molar-refractivity contribution in [3.05, 3.63) is 83.4 Å². The number of benzene rings is 2. The van der Waals surface area contributed by atoms with Crippen LogP contribution in [0.5, 0.6) is 11.5 Å². The molecule has 1 aliphatic carbocycles. The molecule has 1 unspecified atom stereocenters. The molecule has 0 spiro atoms. The number of rotatable bonds is 9. The van der Waals surface area contributed by atoms with Gasteiger partial charge >= 0.3 is 0 Å². The third-order valence-electron chi connectivity index (χ3n) is 8.21. The number of halogens is 1. The maximum absolute atomic E-state index is 13.8. The summed E-state index contributed by atoms with van der Waals surface area (Å²) in [5, 5.41) is 15.6. The van der Waals surface area contributed by atoms with Gasteiger partial charge in [-0.1, -0.05) is 6.07 Å². The number of Topliss-reactive ketones (excluding diaryl/α,β-unsaturated/α-hetero) is 1. The zero-order chi connectivity index (χ0) is 29.6. The number of nitrogens with one attached hydrogen (secondary N) is 1. The Kier molecular flexibility index (Phi) is 6.93. The number of pyridine rings is 2. The number of ether oxygens (including phenoxy) is 2. The quantitative estimate of drug-likeness (QED) is 0.265. The SMILES string of the molecule is COc1cc(C(=O)CCC(C)(O)c2cc3c(c(-c4ccc(F)cc4)n2)OC[C@]3(C)C(=O)NC2CC2)cc2cccnc12. The van der Waals surface area contributed by atoms with Crippen molar-refractivity contribution in [3.8, 4) is 22.8 Å². The fourth-order valence-corrected chi connectivity index (χ4v) is 5.33. The third-order valence-corrected chi connectivity index (χ3v) is 8.21. The fourth-order valence-electron chi connectivity index (χ4n) is 5.33. The van der Waals surface area contributed by atoms with E-state index >= 15 is 0 Å². The molecule has 2 aromatic carbocycles. The van der Waals surface area contributed by atoms with Crippen LogP contribution < -0.4 is 14.8 Å². The standard InChI is InChI=1S/C33H32FN3O5/c1-32(31(39)36-23-10-11-23)18-42-30-24(32)17-27(37-29(30)19-6-8-22(34)9-7-19)33(2,40)13-12-25(38)21-15-20-5-4-14-35-28(20)26(16-21)41-3/h4-9,14-17,23,40H,10-13,18H2,1-3H3,(H,36,39)/t32-,33?/m0/s1. The number of carbonyl (C=O) groups excluding carboxylic acids is 2. The van der Waals surface area contributed by atoms with Gasteiger partial charge < -0.3 is 19.9 Å². The molecule has 0 bridgehead atoms. The number of hydrogen-bond donors (Lipinski definition) is 2. The van der Waals surface area contributed by atoms with E-state index < -0.39 is 16.8 Å². The van der Waals surface area contributed by atoms with E-state index in [0.29, 0.717) is 45.1 Å². The van der Waals surface area contributed by atoms with Gasteiger partial charge in [-0.3, -0.25) is 14.6 Å². The van der Waals surface area contributed by atoms with Gasteiger partial charge in [0.25, 0.3) is 0 Å². The van der Waals surface area contributed by atoms with Crippen molar-refractivity contribution in [2.75, 3.05) is 13.7 Å². The Balaban J connectivity index is 1.34. The van der Waals surface area contributed by atoms with E-state index in [2.05, 4.69) is 10.3 Å². The molecule has 1 fully saturated rings. The average Bonchev–Trinajstić information content (AvgIpc) is 3.75. The number of aromatic nitrogens is 2. The predicted molar refractivity (Wildman–Crippen MR) is 155 cm³/mol. The van der Waals surface area contributed by atoms with Crippen molar-refractivity contribution in [1.82, 2.24) is 15.3 Å². The van der Waals surface area contributed by atoms with Crippen LogP contribution in [0.25, 0.3) is 22.2 Å². The molecule has 8 nitrogen and oxygen atoms in total. The van der Waals surface area contributed by atoms with Crippen LogP contribution in [0.1, 0.15) is 61.1 Å². The number of aliphatic hydroxyl groups is 1. The molecule has 3 heterocycles. The Hall–Kier alpha value is -4.37. The number of hydrogen-bond acceptors (Lipinski definition) is 7. The van der Waals surface area contributed by atoms with Gasteiger partial charge in [0.2, 0.25) is 5.91 Å². The third kappa shape index (κ3) is 5.09. The summed E-state index contributed by atoms with van der Waals surface area (Å²) in [7, 11) is 1.53. The summed E-state index contributed by atoms with van der Waals surface area (Å²) in [4.78, 5) is 35.8. The maximum Gasteiger partial charge on any atom is 0.234 e. The van der Waals surface area contributed by atoms with Crippen LogP contribution in [-0.4, -0.2) is 46.5 Å². The molecule has 0 radical (unpaired) electrons. The first kappa shape index (κ1) is 27.8. The lowest BCUT2D eigenvalue weighted by molar-refractivity contribution is -0.126. The molecular weight excluding hydrogens is 537 g/mol. The molecule has 1 saturated carbocycles. The van der Waals surface area contributed by atoms with Crippen LogP contribution in [0, 0.1) is 5.82 Å². The zero-order valence-corrected chi connectivity index (χ0v) is 23.7. The van der Waals surface area contributed by atoms with Crippen LogP contribution in [-0.2, 0) is 15.8 Å². The lowest BCUT2D eigenvalue weighted by atomic mass is 9.81. The second kappa shape index (κ2) is 10.5. The monoisotopic (exact) mass is 569 g/mol. The first-order valence-electron chi connectivity index (χ1n) is 14.0. The minimum Gasteiger partial charge on any atom is -0.494 e. The number of fused-ring (bicyclic) bond motifs is 2. The molecular formula is C33H32FN3O5. The summed E-state index contributed by atoms with van der Waals surface area (Å²) in [6.45, 7) is 3.53. The molecule has 216 valence electrons. The highest BCUT2D eigenvalue weighted by atomic mass is 19.1. The van der Waals surface area contributed by atoms with Crippen molar-refractivity contribution < 1.29 is 28.6 Å². The van der Waals surface area contributed by atoms with Crippen LogP contribution in [0.4, 0.5) is 4.39 Å². The lowest BCUT2D eigenvalue weighted by Gasteiger charge is -2.26. The van der Waals surface area contributed by atoms with E-state index in [-0.39, 0.29) is 37.2 Å². The Morgan fingerprint density at radius 3 is 2.67 bits per heavy atom. The minimum absolute atomic E-state index is 0.0303. The first-order chi connectivity index (χ1) is 20.1. The number of methoxy groups -OCH3 is 1. The van der Waals surface area contributed by atoms with Crippen molar-refractivity contribution in [2.45, 2.75) is 56.6 Å². The summed E-state index contributed by atoms with van der Waals surface area (Å²) >= 11 is 0. The second-order valence-electron chi connectivity index (χ2n) is 11.6. The molecule has 0 saturated heterocycles. The normalized spacial score (nSPS) is 19.1. The highest BCUT2D eigenvalue weighted by Gasteiger charge is 2.47. The molecule has 1 aliphatic heterocycles. The van der Waals surface area contributed by atoms with Crippen LogP contribution >= 0.6 is 0 Å². The number of ketones is 1. The van der Waals surface area contributed by atoms with E-state index in [1.807, 2.05) is 13.0 Å². The van der Waals surface area contributed by atoms with E-state index in [9.17, 15) is 19.1 Å². The second-order valence-corrected chi connectivity index (χ2v) is 11.6. The van der Waals surface area contributed by atoms with Gasteiger partial charge in [-0.25, -0.2) is 9.37 Å². The lowest BCUT2D eigenvalue weighted by Crippen LogP contribution is -2.44. The van der Waals surface area contributed by atoms with Crippen molar-refractivity contribution in [3.63, 3.8) is 0 Å². The van der Waals surface area contributed by atoms with Gasteiger partial charge in [0.15, 0.2) is 5.78 Å². The van der Waals surface area contributed by atoms with Crippen molar-refractivity contribution in [1.29, 1.82) is 0 Å². The molecule has 6 rings (SSSR count). The number of carbonyl (C=O) groups is 2. The Bertz CT molecular complexity index is 1700. The summed E-state index contributed by atoms with van der Waals surface area (Å²) < 4.78 is 25.3. The Labute approximate surface area is 242 Å². The number of amides is 1. The summed E-state index contributed by atoms with van der Waals surface area (Å²) in [5.74, 6) is 0.211. The molecule has 9 heteroatoms. The number of nitrogens with zero attached hydrogens (tertiary/aromatic N) is 2. The molecule has 42 heavy (non-hydrogen) atoms. The van der Waals surface area contributed by atoms with Gasteiger partial charge in [-0.2, -0.15) is 0 Å². The van der Waals surface area contributed by atoms with Crippen molar-refractivity contribution in [2.24, 2.45) is 0 Å². The topological polar surface area (TPSA) is 111 Å². The zero-order valence-electron chi connectivity index (χ0n) is 23.7. The van der Waals surface area contributed by atoms with Crippen molar-refractivity contribution >= 4 is 22.6 Å². The Morgan fingerprint density at radius 1 is 1.19 bits per heavy atom. The smallest absolute Gasteiger partial charge is 0.234 e. The maximum atomic E-state index is 13.8. The van der Waals surface area contributed by atoms with Crippen LogP contribution in [0.15, 0.2) is 60.8 Å². The van der Waals surface area contributed by atoms with E-state index in [4.69, 9.17) is 14.5 Å². The van der Waals surface area contributed by atoms with Gasteiger partial charge in [0.1, 0.15) is 46.1 Å². The van der Waals surface area contributed by atoms with E-state index in [1.165, 1.54) is 19.2 Å². The Morgan fingerprint density at radius 2 is 1.95 bits per heavy atom.